The summed E-state index contributed by atoms with van der Waals surface area (Å²) in [5.74, 6) is 1.09. The van der Waals surface area contributed by atoms with Gasteiger partial charge < -0.3 is 10.1 Å². The number of amides is 1. The first-order valence-electron chi connectivity index (χ1n) is 7.36. The maximum absolute atomic E-state index is 12.3. The van der Waals surface area contributed by atoms with E-state index in [1.165, 1.54) is 0 Å². The Balaban J connectivity index is 1.69. The summed E-state index contributed by atoms with van der Waals surface area (Å²) in [4.78, 5) is 20.7. The van der Waals surface area contributed by atoms with E-state index in [4.69, 9.17) is 4.74 Å². The molecule has 0 aromatic carbocycles. The molecule has 1 aliphatic heterocycles. The van der Waals surface area contributed by atoms with E-state index < -0.39 is 5.60 Å². The minimum atomic E-state index is -0.734. The standard InChI is InChI=1S/C15H19N5O2/c1-10(17-14(21)15(2)6-3-9-22-15)12-18-13(20-19-12)11-4-7-16-8-5-11/h4-5,7-8,10H,3,6,9H2,1-2H3,(H,17,21)(H,18,19,20)/t10-,15+/m1/s1. The van der Waals surface area contributed by atoms with E-state index in [-0.39, 0.29) is 11.9 Å². The molecular weight excluding hydrogens is 282 g/mol. The highest BCUT2D eigenvalue weighted by atomic mass is 16.5. The third kappa shape index (κ3) is 2.85. The first-order chi connectivity index (χ1) is 10.6. The van der Waals surface area contributed by atoms with Gasteiger partial charge in [-0.25, -0.2) is 4.98 Å². The Labute approximate surface area is 128 Å². The van der Waals surface area contributed by atoms with E-state index >= 15 is 0 Å². The van der Waals surface area contributed by atoms with Gasteiger partial charge in [0.2, 0.25) is 0 Å². The first-order valence-corrected chi connectivity index (χ1v) is 7.36. The second-order valence-electron chi connectivity index (χ2n) is 5.66. The number of hydrogen-bond donors (Lipinski definition) is 2. The van der Waals surface area contributed by atoms with Gasteiger partial charge in [0.1, 0.15) is 11.4 Å². The van der Waals surface area contributed by atoms with Crippen LogP contribution in [-0.2, 0) is 9.53 Å². The Morgan fingerprint density at radius 2 is 2.23 bits per heavy atom. The van der Waals surface area contributed by atoms with E-state index in [9.17, 15) is 4.79 Å². The van der Waals surface area contributed by atoms with Gasteiger partial charge in [0.05, 0.1) is 6.04 Å². The van der Waals surface area contributed by atoms with Crippen LogP contribution in [0.15, 0.2) is 24.5 Å². The van der Waals surface area contributed by atoms with Gasteiger partial charge in [-0.15, -0.1) is 0 Å². The topological polar surface area (TPSA) is 92.8 Å². The Morgan fingerprint density at radius 3 is 2.91 bits per heavy atom. The Kier molecular flexibility index (Phi) is 3.89. The van der Waals surface area contributed by atoms with Crippen LogP contribution in [0.1, 0.15) is 38.6 Å². The number of pyridine rings is 1. The van der Waals surface area contributed by atoms with Crippen molar-refractivity contribution in [1.82, 2.24) is 25.5 Å². The zero-order valence-corrected chi connectivity index (χ0v) is 12.7. The number of hydrogen-bond acceptors (Lipinski definition) is 5. The fourth-order valence-corrected chi connectivity index (χ4v) is 2.47. The van der Waals surface area contributed by atoms with Crippen LogP contribution in [0.3, 0.4) is 0 Å². The molecule has 7 heteroatoms. The van der Waals surface area contributed by atoms with Crippen molar-refractivity contribution < 1.29 is 9.53 Å². The van der Waals surface area contributed by atoms with Crippen LogP contribution in [0.2, 0.25) is 0 Å². The molecule has 1 saturated heterocycles. The van der Waals surface area contributed by atoms with E-state index in [0.717, 1.165) is 18.4 Å². The molecule has 1 amide bonds. The van der Waals surface area contributed by atoms with Gasteiger partial charge >= 0.3 is 0 Å². The molecule has 2 atom stereocenters. The van der Waals surface area contributed by atoms with E-state index in [1.807, 2.05) is 26.0 Å². The fraction of sp³-hybridized carbons (Fsp3) is 0.467. The average molecular weight is 301 g/mol. The van der Waals surface area contributed by atoms with E-state index in [0.29, 0.717) is 18.3 Å². The molecular formula is C15H19N5O2. The number of nitrogens with one attached hydrogen (secondary N) is 2. The largest absolute Gasteiger partial charge is 0.365 e. The van der Waals surface area contributed by atoms with Gasteiger partial charge in [-0.05, 0) is 38.8 Å². The van der Waals surface area contributed by atoms with Gasteiger partial charge in [0.25, 0.3) is 5.91 Å². The molecule has 116 valence electrons. The lowest BCUT2D eigenvalue weighted by Gasteiger charge is -2.23. The molecule has 3 rings (SSSR count). The number of ether oxygens (including phenoxy) is 1. The number of nitrogens with zero attached hydrogens (tertiary/aromatic N) is 3. The number of rotatable bonds is 4. The fourth-order valence-electron chi connectivity index (χ4n) is 2.47. The van der Waals surface area contributed by atoms with Crippen molar-refractivity contribution in [2.24, 2.45) is 0 Å². The molecule has 0 unspecified atom stereocenters. The molecule has 1 fully saturated rings. The third-order valence-electron chi connectivity index (χ3n) is 3.90. The highest BCUT2D eigenvalue weighted by molar-refractivity contribution is 5.85. The molecule has 7 nitrogen and oxygen atoms in total. The van der Waals surface area contributed by atoms with Crippen LogP contribution in [-0.4, -0.2) is 38.3 Å². The van der Waals surface area contributed by atoms with Gasteiger partial charge in [0.15, 0.2) is 5.82 Å². The van der Waals surface area contributed by atoms with Crippen LogP contribution >= 0.6 is 0 Å². The Morgan fingerprint density at radius 1 is 1.45 bits per heavy atom. The van der Waals surface area contributed by atoms with Crippen LogP contribution in [0.4, 0.5) is 0 Å². The quantitative estimate of drug-likeness (QED) is 0.895. The molecule has 22 heavy (non-hydrogen) atoms. The predicted octanol–water partition coefficient (Wildman–Crippen LogP) is 1.61. The van der Waals surface area contributed by atoms with Gasteiger partial charge in [-0.3, -0.25) is 14.9 Å². The first kappa shape index (κ1) is 14.6. The van der Waals surface area contributed by atoms with Crippen molar-refractivity contribution in [3.05, 3.63) is 30.4 Å². The number of carbonyl (C=O) groups excluding carboxylic acids is 1. The molecule has 2 aromatic rings. The van der Waals surface area contributed by atoms with Crippen molar-refractivity contribution in [2.75, 3.05) is 6.61 Å². The second-order valence-corrected chi connectivity index (χ2v) is 5.66. The molecule has 0 aliphatic carbocycles. The summed E-state index contributed by atoms with van der Waals surface area (Å²) >= 11 is 0. The van der Waals surface area contributed by atoms with Crippen LogP contribution in [0.25, 0.3) is 11.4 Å². The number of H-pyrrole nitrogens is 1. The molecule has 2 N–H and O–H groups in total. The number of aromatic nitrogens is 4. The van der Waals surface area contributed by atoms with E-state index in [2.05, 4.69) is 25.5 Å². The highest BCUT2D eigenvalue weighted by Gasteiger charge is 2.38. The Hall–Kier alpha value is -2.28. The molecule has 0 radical (unpaired) electrons. The summed E-state index contributed by atoms with van der Waals surface area (Å²) in [7, 11) is 0. The van der Waals surface area contributed by atoms with E-state index in [1.54, 1.807) is 12.4 Å². The summed E-state index contributed by atoms with van der Waals surface area (Å²) in [5, 5.41) is 9.99. The SMILES string of the molecule is C[C@@H](NC(=O)[C@]1(C)CCCO1)c1nc(-c2ccncc2)n[nH]1. The summed E-state index contributed by atoms with van der Waals surface area (Å²) in [6.07, 6.45) is 5.03. The van der Waals surface area contributed by atoms with Crippen molar-refractivity contribution in [2.45, 2.75) is 38.3 Å². The van der Waals surface area contributed by atoms with Crippen LogP contribution in [0.5, 0.6) is 0 Å². The van der Waals surface area contributed by atoms with Crippen LogP contribution in [0, 0.1) is 0 Å². The number of carbonyl (C=O) groups is 1. The maximum Gasteiger partial charge on any atom is 0.252 e. The zero-order chi connectivity index (χ0) is 15.6. The smallest absolute Gasteiger partial charge is 0.252 e. The van der Waals surface area contributed by atoms with Crippen molar-refractivity contribution in [3.63, 3.8) is 0 Å². The molecule has 1 aliphatic rings. The molecule has 0 bridgehead atoms. The van der Waals surface area contributed by atoms with Crippen molar-refractivity contribution in [3.8, 4) is 11.4 Å². The minimum absolute atomic E-state index is 0.112. The molecule has 0 saturated carbocycles. The van der Waals surface area contributed by atoms with Crippen molar-refractivity contribution >= 4 is 5.91 Å². The third-order valence-corrected chi connectivity index (χ3v) is 3.90. The minimum Gasteiger partial charge on any atom is -0.365 e. The molecule has 2 aromatic heterocycles. The summed E-state index contributed by atoms with van der Waals surface area (Å²) < 4.78 is 5.55. The lowest BCUT2D eigenvalue weighted by atomic mass is 10.0. The molecule has 3 heterocycles. The van der Waals surface area contributed by atoms with Gasteiger partial charge in [-0.2, -0.15) is 5.10 Å². The molecule has 0 spiro atoms. The summed E-state index contributed by atoms with van der Waals surface area (Å²) in [6.45, 7) is 4.32. The second kappa shape index (κ2) is 5.84. The monoisotopic (exact) mass is 301 g/mol. The normalized spacial score (nSPS) is 22.5. The Bertz CT molecular complexity index is 649. The van der Waals surface area contributed by atoms with Gasteiger partial charge in [0, 0.05) is 24.6 Å². The predicted molar refractivity (Wildman–Crippen MR) is 79.8 cm³/mol. The summed E-state index contributed by atoms with van der Waals surface area (Å²) in [6, 6.07) is 3.41. The highest BCUT2D eigenvalue weighted by Crippen LogP contribution is 2.26. The van der Waals surface area contributed by atoms with Crippen LogP contribution < -0.4 is 5.32 Å². The van der Waals surface area contributed by atoms with Gasteiger partial charge in [-0.1, -0.05) is 0 Å². The zero-order valence-electron chi connectivity index (χ0n) is 12.7. The lowest BCUT2D eigenvalue weighted by molar-refractivity contribution is -0.140. The maximum atomic E-state index is 12.3. The van der Waals surface area contributed by atoms with Crippen molar-refractivity contribution in [1.29, 1.82) is 0 Å². The number of aromatic amines is 1. The average Bonchev–Trinajstić information content (AvgIpc) is 3.18. The summed E-state index contributed by atoms with van der Waals surface area (Å²) in [5.41, 5.74) is 0.143. The lowest BCUT2D eigenvalue weighted by Crippen LogP contribution is -2.45.